The lowest BCUT2D eigenvalue weighted by atomic mass is 9.96. The van der Waals surface area contributed by atoms with Gasteiger partial charge in [0, 0.05) is 48.1 Å². The second-order valence-corrected chi connectivity index (χ2v) is 7.55. The van der Waals surface area contributed by atoms with Gasteiger partial charge in [-0.1, -0.05) is 32.0 Å². The van der Waals surface area contributed by atoms with E-state index >= 15 is 0 Å². The number of aromatic nitrogens is 2. The van der Waals surface area contributed by atoms with Crippen molar-refractivity contribution in [3.63, 3.8) is 0 Å². The van der Waals surface area contributed by atoms with Crippen molar-refractivity contribution in [2.75, 3.05) is 26.2 Å². The van der Waals surface area contributed by atoms with Gasteiger partial charge >= 0.3 is 0 Å². The quantitative estimate of drug-likeness (QED) is 0.349. The first-order valence-corrected chi connectivity index (χ1v) is 10.5. The summed E-state index contributed by atoms with van der Waals surface area (Å²) in [5.41, 5.74) is 2.22. The summed E-state index contributed by atoms with van der Waals surface area (Å²) in [4.78, 5) is 37.1. The average molecular weight is 418 g/mol. The van der Waals surface area contributed by atoms with Crippen molar-refractivity contribution in [2.24, 2.45) is 0 Å². The number of aliphatic hydroxyl groups is 1. The zero-order valence-electron chi connectivity index (χ0n) is 17.7. The van der Waals surface area contributed by atoms with E-state index in [1.165, 1.54) is 0 Å². The molecule has 7 nitrogen and oxygen atoms in total. The number of carbonyl (C=O) groups is 2. The van der Waals surface area contributed by atoms with Gasteiger partial charge in [0.05, 0.1) is 11.6 Å². The fraction of sp³-hybridized carbons (Fsp3) is 0.292. The van der Waals surface area contributed by atoms with Crippen LogP contribution in [0.25, 0.3) is 16.7 Å². The Kier molecular flexibility index (Phi) is 5.86. The number of hydrogen-bond acceptors (Lipinski definition) is 5. The molecule has 1 fully saturated rings. The van der Waals surface area contributed by atoms with Gasteiger partial charge in [0.25, 0.3) is 11.7 Å². The minimum atomic E-state index is -0.663. The first kappa shape index (κ1) is 20.8. The Morgan fingerprint density at radius 2 is 1.84 bits per heavy atom. The van der Waals surface area contributed by atoms with Crippen molar-refractivity contribution in [2.45, 2.75) is 19.9 Å². The van der Waals surface area contributed by atoms with Gasteiger partial charge in [0.2, 0.25) is 0 Å². The van der Waals surface area contributed by atoms with Crippen LogP contribution >= 0.6 is 0 Å². The first-order valence-electron chi connectivity index (χ1n) is 10.5. The van der Waals surface area contributed by atoms with E-state index in [4.69, 9.17) is 0 Å². The number of amides is 1. The van der Waals surface area contributed by atoms with Crippen molar-refractivity contribution in [3.8, 4) is 0 Å². The van der Waals surface area contributed by atoms with Crippen molar-refractivity contribution >= 4 is 28.4 Å². The van der Waals surface area contributed by atoms with Gasteiger partial charge in [-0.2, -0.15) is 0 Å². The smallest absolute Gasteiger partial charge is 0.295 e. The third-order valence-corrected chi connectivity index (χ3v) is 5.96. The number of para-hydroxylation sites is 1. The number of H-pyrrole nitrogens is 1. The number of hydrogen-bond donors (Lipinski definition) is 2. The number of likely N-dealkylation sites (N-methyl/N-ethyl adjacent to an activating group) is 1. The second-order valence-electron chi connectivity index (χ2n) is 7.55. The van der Waals surface area contributed by atoms with E-state index in [0.29, 0.717) is 18.7 Å². The minimum Gasteiger partial charge on any atom is -0.507 e. The highest BCUT2D eigenvalue weighted by Gasteiger charge is 2.46. The number of aliphatic hydroxyl groups excluding tert-OH is 1. The van der Waals surface area contributed by atoms with Gasteiger partial charge < -0.3 is 19.9 Å². The van der Waals surface area contributed by atoms with E-state index < -0.39 is 17.7 Å². The van der Waals surface area contributed by atoms with Gasteiger partial charge in [-0.05, 0) is 36.9 Å². The molecule has 1 aromatic carbocycles. The van der Waals surface area contributed by atoms with E-state index in [-0.39, 0.29) is 11.3 Å². The summed E-state index contributed by atoms with van der Waals surface area (Å²) in [6.45, 7) is 6.88. The fourth-order valence-corrected chi connectivity index (χ4v) is 4.20. The van der Waals surface area contributed by atoms with E-state index in [2.05, 4.69) is 28.7 Å². The second kappa shape index (κ2) is 8.73. The molecule has 0 bridgehead atoms. The zero-order chi connectivity index (χ0) is 22.0. The first-order chi connectivity index (χ1) is 15.1. The maximum absolute atomic E-state index is 13.1. The summed E-state index contributed by atoms with van der Waals surface area (Å²) in [5.74, 6) is -1.41. The summed E-state index contributed by atoms with van der Waals surface area (Å²) in [6, 6.07) is 10.4. The summed E-state index contributed by atoms with van der Waals surface area (Å²) in [6.07, 6.45) is 4.93. The normalized spacial score (nSPS) is 18.4. The van der Waals surface area contributed by atoms with Crippen LogP contribution in [0.5, 0.6) is 0 Å². The molecular weight excluding hydrogens is 392 g/mol. The SMILES string of the molecule is CCN(CC)CCN1C(=O)C(=O)/C(=C(\O)c2c[nH]c3ccccc23)C1c1ccncc1. The van der Waals surface area contributed by atoms with Gasteiger partial charge in [-0.25, -0.2) is 0 Å². The number of benzene rings is 1. The van der Waals surface area contributed by atoms with E-state index in [9.17, 15) is 14.7 Å². The lowest BCUT2D eigenvalue weighted by molar-refractivity contribution is -0.140. The standard InChI is InChI=1S/C24H26N4O3/c1-3-27(4-2)13-14-28-21(16-9-11-25-12-10-16)20(23(30)24(28)31)22(29)18-15-26-19-8-6-5-7-17(18)19/h5-12,15,21,26,29H,3-4,13-14H2,1-2H3/b22-20-. The van der Waals surface area contributed by atoms with Gasteiger partial charge in [-0.3, -0.25) is 14.6 Å². The van der Waals surface area contributed by atoms with Crippen molar-refractivity contribution in [1.29, 1.82) is 0 Å². The highest BCUT2D eigenvalue weighted by atomic mass is 16.3. The maximum atomic E-state index is 13.1. The molecule has 2 aromatic heterocycles. The van der Waals surface area contributed by atoms with Gasteiger partial charge in [-0.15, -0.1) is 0 Å². The third-order valence-electron chi connectivity index (χ3n) is 5.96. The molecule has 1 atom stereocenters. The minimum absolute atomic E-state index is 0.112. The molecule has 2 N–H and O–H groups in total. The van der Waals surface area contributed by atoms with Crippen LogP contribution in [0, 0.1) is 0 Å². The number of Topliss-reactive ketones (excluding diaryl/α,β-unsaturated/α-hetero) is 1. The Morgan fingerprint density at radius 1 is 1.13 bits per heavy atom. The summed E-state index contributed by atoms with van der Waals surface area (Å²) in [7, 11) is 0. The van der Waals surface area contributed by atoms with Crippen LogP contribution in [-0.2, 0) is 9.59 Å². The molecule has 1 aliphatic heterocycles. The van der Waals surface area contributed by atoms with Crippen LogP contribution in [0.1, 0.15) is 31.0 Å². The number of aromatic amines is 1. The lowest BCUT2D eigenvalue weighted by Crippen LogP contribution is -2.38. The number of carbonyl (C=O) groups excluding carboxylic acids is 2. The number of likely N-dealkylation sites (tertiary alicyclic amines) is 1. The van der Waals surface area contributed by atoms with Crippen LogP contribution in [0.4, 0.5) is 0 Å². The number of pyridine rings is 1. The van der Waals surface area contributed by atoms with E-state index in [1.807, 2.05) is 24.3 Å². The maximum Gasteiger partial charge on any atom is 0.295 e. The summed E-state index contributed by atoms with van der Waals surface area (Å²) in [5, 5.41) is 12.0. The molecule has 3 heterocycles. The van der Waals surface area contributed by atoms with Crippen molar-refractivity contribution in [1.82, 2.24) is 19.8 Å². The summed E-state index contributed by atoms with van der Waals surface area (Å²) >= 11 is 0. The predicted octanol–water partition coefficient (Wildman–Crippen LogP) is 3.33. The number of fused-ring (bicyclic) bond motifs is 1. The highest BCUT2D eigenvalue weighted by Crippen LogP contribution is 2.40. The molecule has 0 saturated carbocycles. The molecule has 0 aliphatic carbocycles. The third kappa shape index (κ3) is 3.72. The molecule has 7 heteroatoms. The number of nitrogens with zero attached hydrogens (tertiary/aromatic N) is 3. The molecule has 4 rings (SSSR count). The molecule has 1 amide bonds. The molecule has 31 heavy (non-hydrogen) atoms. The molecule has 3 aromatic rings. The van der Waals surface area contributed by atoms with E-state index in [0.717, 1.165) is 29.6 Å². The Labute approximate surface area is 181 Å². The van der Waals surface area contributed by atoms with Crippen LogP contribution in [0.3, 0.4) is 0 Å². The molecular formula is C24H26N4O3. The Bertz CT molecular complexity index is 1130. The largest absolute Gasteiger partial charge is 0.507 e. The molecule has 1 saturated heterocycles. The zero-order valence-corrected chi connectivity index (χ0v) is 17.7. The monoisotopic (exact) mass is 418 g/mol. The van der Waals surface area contributed by atoms with Crippen LogP contribution in [-0.4, -0.2) is 62.7 Å². The number of nitrogens with one attached hydrogen (secondary N) is 1. The number of rotatable bonds is 7. The topological polar surface area (TPSA) is 89.5 Å². The molecule has 1 aliphatic rings. The molecule has 1 unspecified atom stereocenters. The average Bonchev–Trinajstić information content (AvgIpc) is 3.34. The van der Waals surface area contributed by atoms with Crippen LogP contribution in [0.15, 0.2) is 60.6 Å². The summed E-state index contributed by atoms with van der Waals surface area (Å²) < 4.78 is 0. The Balaban J connectivity index is 1.82. The van der Waals surface area contributed by atoms with Crippen LogP contribution in [0.2, 0.25) is 0 Å². The van der Waals surface area contributed by atoms with E-state index in [1.54, 1.807) is 35.6 Å². The molecule has 160 valence electrons. The van der Waals surface area contributed by atoms with Gasteiger partial charge in [0.15, 0.2) is 0 Å². The predicted molar refractivity (Wildman–Crippen MR) is 119 cm³/mol. The fourth-order valence-electron chi connectivity index (χ4n) is 4.20. The Morgan fingerprint density at radius 3 is 2.55 bits per heavy atom. The lowest BCUT2D eigenvalue weighted by Gasteiger charge is -2.28. The Hall–Kier alpha value is -3.45. The molecule has 0 radical (unpaired) electrons. The highest BCUT2D eigenvalue weighted by molar-refractivity contribution is 6.46. The van der Waals surface area contributed by atoms with Crippen molar-refractivity contribution < 1.29 is 14.7 Å². The van der Waals surface area contributed by atoms with Crippen LogP contribution < -0.4 is 0 Å². The number of ketones is 1. The van der Waals surface area contributed by atoms with Crippen molar-refractivity contribution in [3.05, 3.63) is 71.7 Å². The molecule has 0 spiro atoms. The van der Waals surface area contributed by atoms with Gasteiger partial charge in [0.1, 0.15) is 5.76 Å².